The molecular weight excluding hydrogens is 482 g/mol. The number of sulfone groups is 1. The molecule has 2 aromatic carbocycles. The van der Waals surface area contributed by atoms with Gasteiger partial charge in [0.15, 0.2) is 22.2 Å². The van der Waals surface area contributed by atoms with Crippen LogP contribution in [0, 0.1) is 13.8 Å². The van der Waals surface area contributed by atoms with Gasteiger partial charge in [0.05, 0.1) is 11.5 Å². The molecule has 11 heteroatoms. The lowest BCUT2D eigenvalue weighted by Gasteiger charge is -2.26. The number of para-hydroxylation sites is 1. The second-order valence-corrected chi connectivity index (χ2v) is 11.9. The lowest BCUT2D eigenvalue weighted by atomic mass is 10.2. The number of nitrogens with zero attached hydrogens (tertiary/aromatic N) is 1. The van der Waals surface area contributed by atoms with Gasteiger partial charge in [-0.1, -0.05) is 24.3 Å². The molecule has 0 N–H and O–H groups in total. The maximum atomic E-state index is 12.9. The van der Waals surface area contributed by atoms with Crippen molar-refractivity contribution >= 4 is 31.8 Å². The van der Waals surface area contributed by atoms with Crippen molar-refractivity contribution in [3.8, 4) is 5.75 Å². The standard InChI is InChI=1S/C23H27NO8S2/c1-4-24(18-11-12-33(27,28)15-18)22(25)14-31-23(26)19-7-5-6-8-20(19)32-34(29,30)21-13-16(2)9-10-17(21)3/h5-10,13,18H,4,11-12,14-15H2,1-3H3/t18-/m0/s1. The lowest BCUT2D eigenvalue weighted by Crippen LogP contribution is -2.43. The first-order valence-corrected chi connectivity index (χ1v) is 13.9. The molecule has 34 heavy (non-hydrogen) atoms. The summed E-state index contributed by atoms with van der Waals surface area (Å²) in [6, 6.07) is 10.1. The number of ether oxygens (including phenoxy) is 1. The molecular formula is C23H27NO8S2. The molecule has 0 spiro atoms. The third-order valence-corrected chi connectivity index (χ3v) is 8.68. The van der Waals surface area contributed by atoms with E-state index in [0.29, 0.717) is 12.0 Å². The van der Waals surface area contributed by atoms with Crippen LogP contribution in [0.25, 0.3) is 0 Å². The van der Waals surface area contributed by atoms with Gasteiger partial charge in [-0.3, -0.25) is 4.79 Å². The largest absolute Gasteiger partial charge is 0.452 e. The van der Waals surface area contributed by atoms with Gasteiger partial charge in [-0.05, 0) is 56.5 Å². The Morgan fingerprint density at radius 1 is 1.12 bits per heavy atom. The molecule has 1 amide bonds. The Bertz CT molecular complexity index is 1300. The van der Waals surface area contributed by atoms with Crippen LogP contribution < -0.4 is 4.18 Å². The molecule has 1 atom stereocenters. The molecule has 0 aliphatic carbocycles. The molecule has 2 aromatic rings. The number of aryl methyl sites for hydroxylation is 2. The summed E-state index contributed by atoms with van der Waals surface area (Å²) >= 11 is 0. The Morgan fingerprint density at radius 3 is 2.47 bits per heavy atom. The van der Waals surface area contributed by atoms with Gasteiger partial charge in [-0.15, -0.1) is 0 Å². The van der Waals surface area contributed by atoms with Gasteiger partial charge in [-0.25, -0.2) is 13.2 Å². The Balaban J connectivity index is 1.73. The number of hydrogen-bond donors (Lipinski definition) is 0. The Labute approximate surface area is 199 Å². The van der Waals surface area contributed by atoms with Crippen molar-refractivity contribution in [2.45, 2.75) is 38.1 Å². The molecule has 9 nitrogen and oxygen atoms in total. The fourth-order valence-electron chi connectivity index (χ4n) is 3.80. The minimum absolute atomic E-state index is 0.0147. The summed E-state index contributed by atoms with van der Waals surface area (Å²) in [4.78, 5) is 26.7. The van der Waals surface area contributed by atoms with Crippen LogP contribution >= 0.6 is 0 Å². The van der Waals surface area contributed by atoms with E-state index >= 15 is 0 Å². The van der Waals surface area contributed by atoms with E-state index in [2.05, 4.69) is 0 Å². The van der Waals surface area contributed by atoms with E-state index in [0.717, 1.165) is 5.56 Å². The first-order chi connectivity index (χ1) is 15.9. The number of hydrogen-bond acceptors (Lipinski definition) is 8. The average Bonchev–Trinajstić information content (AvgIpc) is 3.13. The molecule has 0 saturated carbocycles. The van der Waals surface area contributed by atoms with Crippen molar-refractivity contribution in [1.29, 1.82) is 0 Å². The van der Waals surface area contributed by atoms with E-state index in [4.69, 9.17) is 8.92 Å². The molecule has 1 heterocycles. The highest BCUT2D eigenvalue weighted by molar-refractivity contribution is 7.91. The Kier molecular flexibility index (Phi) is 7.67. The monoisotopic (exact) mass is 509 g/mol. The van der Waals surface area contributed by atoms with E-state index in [-0.39, 0.29) is 34.3 Å². The van der Waals surface area contributed by atoms with Crippen molar-refractivity contribution < 1.29 is 35.3 Å². The minimum atomic E-state index is -4.23. The maximum absolute atomic E-state index is 12.9. The highest BCUT2D eigenvalue weighted by Gasteiger charge is 2.34. The van der Waals surface area contributed by atoms with Crippen molar-refractivity contribution in [2.24, 2.45) is 0 Å². The smallest absolute Gasteiger partial charge is 0.342 e. The van der Waals surface area contributed by atoms with Crippen molar-refractivity contribution in [1.82, 2.24) is 4.90 Å². The highest BCUT2D eigenvalue weighted by Crippen LogP contribution is 2.26. The van der Waals surface area contributed by atoms with Crippen LogP contribution in [0.2, 0.25) is 0 Å². The molecule has 1 aliphatic rings. The second kappa shape index (κ2) is 10.1. The predicted molar refractivity (Wildman–Crippen MR) is 125 cm³/mol. The zero-order chi connectivity index (χ0) is 25.1. The molecule has 1 saturated heterocycles. The number of likely N-dealkylation sites (N-methyl/N-ethyl adjacent to an activating group) is 1. The van der Waals surface area contributed by atoms with Crippen LogP contribution in [0.15, 0.2) is 47.4 Å². The first kappa shape index (κ1) is 25.7. The lowest BCUT2D eigenvalue weighted by molar-refractivity contribution is -0.136. The highest BCUT2D eigenvalue weighted by atomic mass is 32.2. The third kappa shape index (κ3) is 5.95. The van der Waals surface area contributed by atoms with E-state index in [1.54, 1.807) is 32.9 Å². The van der Waals surface area contributed by atoms with E-state index in [1.165, 1.54) is 35.2 Å². The summed E-state index contributed by atoms with van der Waals surface area (Å²) in [5.74, 6) is -1.79. The molecule has 0 bridgehead atoms. The van der Waals surface area contributed by atoms with Gasteiger partial charge in [0.2, 0.25) is 0 Å². The third-order valence-electron chi connectivity index (χ3n) is 5.56. The van der Waals surface area contributed by atoms with Gasteiger partial charge in [-0.2, -0.15) is 8.42 Å². The van der Waals surface area contributed by atoms with Gasteiger partial charge >= 0.3 is 16.1 Å². The van der Waals surface area contributed by atoms with Gasteiger partial charge in [0, 0.05) is 12.6 Å². The van der Waals surface area contributed by atoms with Crippen LogP contribution in [0.1, 0.15) is 34.8 Å². The SMILES string of the molecule is CCN(C(=O)COC(=O)c1ccccc1OS(=O)(=O)c1cc(C)ccc1C)[C@H]1CCS(=O)(=O)C1. The molecule has 0 aromatic heterocycles. The molecule has 1 aliphatic heterocycles. The number of rotatable bonds is 8. The molecule has 0 unspecified atom stereocenters. The van der Waals surface area contributed by atoms with Crippen LogP contribution in [-0.4, -0.2) is 64.3 Å². The van der Waals surface area contributed by atoms with E-state index < -0.39 is 44.5 Å². The Hall–Kier alpha value is -2.92. The number of amides is 1. The quantitative estimate of drug-likeness (QED) is 0.392. The van der Waals surface area contributed by atoms with Crippen LogP contribution in [-0.2, 0) is 29.5 Å². The van der Waals surface area contributed by atoms with Crippen LogP contribution in [0.5, 0.6) is 5.75 Å². The summed E-state index contributed by atoms with van der Waals surface area (Å²) in [6.45, 7) is 4.76. The number of carbonyl (C=O) groups is 2. The zero-order valence-electron chi connectivity index (χ0n) is 19.2. The average molecular weight is 510 g/mol. The Morgan fingerprint density at radius 2 is 1.82 bits per heavy atom. The van der Waals surface area contributed by atoms with Crippen molar-refractivity contribution in [2.75, 3.05) is 24.7 Å². The summed E-state index contributed by atoms with van der Waals surface area (Å²) in [6.07, 6.45) is 0.336. The molecule has 0 radical (unpaired) electrons. The summed E-state index contributed by atoms with van der Waals surface area (Å²) < 4.78 is 59.6. The molecule has 3 rings (SSSR count). The normalized spacial score (nSPS) is 17.2. The van der Waals surface area contributed by atoms with Crippen LogP contribution in [0.3, 0.4) is 0 Å². The molecule has 1 fully saturated rings. The molecule has 184 valence electrons. The maximum Gasteiger partial charge on any atom is 0.342 e. The number of esters is 1. The van der Waals surface area contributed by atoms with Crippen LogP contribution in [0.4, 0.5) is 0 Å². The van der Waals surface area contributed by atoms with Crippen molar-refractivity contribution in [3.63, 3.8) is 0 Å². The number of benzene rings is 2. The fraction of sp³-hybridized carbons (Fsp3) is 0.391. The second-order valence-electron chi connectivity index (χ2n) is 8.12. The fourth-order valence-corrected chi connectivity index (χ4v) is 6.79. The first-order valence-electron chi connectivity index (χ1n) is 10.7. The minimum Gasteiger partial charge on any atom is -0.452 e. The number of carbonyl (C=O) groups excluding carboxylic acids is 2. The summed E-state index contributed by atoms with van der Waals surface area (Å²) in [7, 11) is -7.42. The van der Waals surface area contributed by atoms with E-state index in [9.17, 15) is 26.4 Å². The van der Waals surface area contributed by atoms with E-state index in [1.807, 2.05) is 0 Å². The topological polar surface area (TPSA) is 124 Å². The van der Waals surface area contributed by atoms with Gasteiger partial charge < -0.3 is 13.8 Å². The predicted octanol–water partition coefficient (Wildman–Crippen LogP) is 2.26. The van der Waals surface area contributed by atoms with Crippen molar-refractivity contribution in [3.05, 3.63) is 59.2 Å². The summed E-state index contributed by atoms with van der Waals surface area (Å²) in [5, 5.41) is 0. The van der Waals surface area contributed by atoms with Gasteiger partial charge in [0.25, 0.3) is 5.91 Å². The summed E-state index contributed by atoms with van der Waals surface area (Å²) in [5.41, 5.74) is 1.06. The zero-order valence-corrected chi connectivity index (χ0v) is 20.8. The van der Waals surface area contributed by atoms with Gasteiger partial charge in [0.1, 0.15) is 10.5 Å².